The van der Waals surface area contributed by atoms with E-state index in [-0.39, 0.29) is 0 Å². The highest BCUT2D eigenvalue weighted by Gasteiger charge is 2.38. The molecule has 0 aromatic heterocycles. The molecule has 2 atom stereocenters. The van der Waals surface area contributed by atoms with Crippen molar-refractivity contribution in [3.05, 3.63) is 34.9 Å². The Hall–Kier alpha value is -0.780. The minimum atomic E-state index is 0.766. The van der Waals surface area contributed by atoms with Crippen molar-refractivity contribution in [3.63, 3.8) is 0 Å². The van der Waals surface area contributed by atoms with Gasteiger partial charge in [0.2, 0.25) is 0 Å². The van der Waals surface area contributed by atoms with Crippen LogP contribution in [0.2, 0.25) is 0 Å². The van der Waals surface area contributed by atoms with Crippen LogP contribution in [-0.2, 0) is 0 Å². The summed E-state index contributed by atoms with van der Waals surface area (Å²) in [6.07, 6.45) is 13.5. The Morgan fingerprint density at radius 3 is 2.67 bits per heavy atom. The van der Waals surface area contributed by atoms with Crippen molar-refractivity contribution in [2.45, 2.75) is 59.8 Å². The van der Waals surface area contributed by atoms with Crippen LogP contribution in [0.5, 0.6) is 0 Å². The molecular weight excluding hydrogens is 216 g/mol. The molecule has 0 fully saturated rings. The van der Waals surface area contributed by atoms with Gasteiger partial charge in [0.05, 0.1) is 0 Å². The first-order valence-electron chi connectivity index (χ1n) is 7.79. The molecule has 2 rings (SSSR count). The Kier molecular flexibility index (Phi) is 4.48. The van der Waals surface area contributed by atoms with E-state index in [0.29, 0.717) is 0 Å². The van der Waals surface area contributed by atoms with Crippen LogP contribution in [0.4, 0.5) is 0 Å². The van der Waals surface area contributed by atoms with Crippen molar-refractivity contribution in [3.8, 4) is 0 Å². The molecule has 100 valence electrons. The minimum absolute atomic E-state index is 0.766. The Balaban J connectivity index is 2.34. The number of hydrogen-bond donors (Lipinski definition) is 0. The van der Waals surface area contributed by atoms with E-state index in [1.807, 2.05) is 0 Å². The number of rotatable bonds is 5. The maximum Gasteiger partial charge on any atom is -0.00703 e. The van der Waals surface area contributed by atoms with Gasteiger partial charge in [-0.15, -0.1) is 0 Å². The van der Waals surface area contributed by atoms with Crippen LogP contribution in [-0.4, -0.2) is 0 Å². The molecule has 0 heterocycles. The van der Waals surface area contributed by atoms with E-state index in [2.05, 4.69) is 45.9 Å². The lowest BCUT2D eigenvalue weighted by atomic mass is 9.78. The molecule has 0 aromatic carbocycles. The number of hydrogen-bond acceptors (Lipinski definition) is 0. The Bertz CT molecular complexity index is 379. The number of unbranched alkanes of at least 4 members (excludes halogenated alkanes) is 1. The second kappa shape index (κ2) is 5.91. The molecule has 0 N–H and O–H groups in total. The van der Waals surface area contributed by atoms with E-state index in [4.69, 9.17) is 0 Å². The second-order valence-electron chi connectivity index (χ2n) is 6.15. The summed E-state index contributed by atoms with van der Waals surface area (Å²) < 4.78 is 0. The molecule has 0 amide bonds. The van der Waals surface area contributed by atoms with Crippen molar-refractivity contribution in [2.24, 2.45) is 17.8 Å². The lowest BCUT2D eigenvalue weighted by Crippen LogP contribution is -2.18. The Labute approximate surface area is 113 Å². The van der Waals surface area contributed by atoms with Gasteiger partial charge in [0.1, 0.15) is 0 Å². The summed E-state index contributed by atoms with van der Waals surface area (Å²) in [6.45, 7) is 9.47. The summed E-state index contributed by atoms with van der Waals surface area (Å²) in [5.41, 5.74) is 5.18. The van der Waals surface area contributed by atoms with Gasteiger partial charge in [-0.25, -0.2) is 0 Å². The summed E-state index contributed by atoms with van der Waals surface area (Å²) in [7, 11) is 0. The molecule has 0 aromatic rings. The SMILES string of the molecule is CCCCC1=C2CC=CC=C2C(C(C)C)C1CC. The van der Waals surface area contributed by atoms with Crippen LogP contribution in [0.15, 0.2) is 34.9 Å². The third-order valence-electron chi connectivity index (χ3n) is 4.67. The number of allylic oxidation sites excluding steroid dienone is 6. The molecular formula is C18H28. The van der Waals surface area contributed by atoms with Gasteiger partial charge in [0.25, 0.3) is 0 Å². The predicted molar refractivity (Wildman–Crippen MR) is 80.5 cm³/mol. The van der Waals surface area contributed by atoms with Crippen LogP contribution in [0, 0.1) is 17.8 Å². The molecule has 0 bridgehead atoms. The van der Waals surface area contributed by atoms with Gasteiger partial charge < -0.3 is 0 Å². The third kappa shape index (κ3) is 2.35. The van der Waals surface area contributed by atoms with Crippen molar-refractivity contribution in [1.29, 1.82) is 0 Å². The Morgan fingerprint density at radius 2 is 2.06 bits per heavy atom. The van der Waals surface area contributed by atoms with Crippen LogP contribution in [0.1, 0.15) is 59.8 Å². The van der Waals surface area contributed by atoms with E-state index in [0.717, 1.165) is 17.8 Å². The first-order chi connectivity index (χ1) is 8.70. The lowest BCUT2D eigenvalue weighted by Gasteiger charge is -2.26. The Morgan fingerprint density at radius 1 is 1.28 bits per heavy atom. The zero-order valence-corrected chi connectivity index (χ0v) is 12.5. The molecule has 0 spiro atoms. The smallest absolute Gasteiger partial charge is 0.00703 e. The predicted octanol–water partition coefficient (Wildman–Crippen LogP) is 5.67. The van der Waals surface area contributed by atoms with Crippen molar-refractivity contribution >= 4 is 0 Å². The van der Waals surface area contributed by atoms with Crippen molar-refractivity contribution in [2.75, 3.05) is 0 Å². The fraction of sp³-hybridized carbons (Fsp3) is 0.667. The van der Waals surface area contributed by atoms with Gasteiger partial charge in [0.15, 0.2) is 0 Å². The van der Waals surface area contributed by atoms with Crippen LogP contribution in [0.3, 0.4) is 0 Å². The van der Waals surface area contributed by atoms with Crippen LogP contribution < -0.4 is 0 Å². The third-order valence-corrected chi connectivity index (χ3v) is 4.67. The largest absolute Gasteiger partial charge is 0.0801 e. The molecule has 0 radical (unpaired) electrons. The lowest BCUT2D eigenvalue weighted by molar-refractivity contribution is 0.340. The van der Waals surface area contributed by atoms with Crippen molar-refractivity contribution < 1.29 is 0 Å². The van der Waals surface area contributed by atoms with Gasteiger partial charge in [0, 0.05) is 0 Å². The molecule has 2 aliphatic carbocycles. The fourth-order valence-electron chi connectivity index (χ4n) is 3.89. The molecule has 2 unspecified atom stereocenters. The summed E-state index contributed by atoms with van der Waals surface area (Å²) in [6, 6.07) is 0. The minimum Gasteiger partial charge on any atom is -0.0801 e. The van der Waals surface area contributed by atoms with E-state index in [1.54, 1.807) is 16.7 Å². The topological polar surface area (TPSA) is 0 Å². The zero-order valence-electron chi connectivity index (χ0n) is 12.5. The van der Waals surface area contributed by atoms with E-state index >= 15 is 0 Å². The molecule has 0 aliphatic heterocycles. The maximum absolute atomic E-state index is 2.40. The van der Waals surface area contributed by atoms with Crippen LogP contribution >= 0.6 is 0 Å². The standard InChI is InChI=1S/C18H28/c1-5-7-10-15-14(6-2)18(13(3)4)17-12-9-8-11-16(15)17/h8-9,12-14,18H,5-7,10-11H2,1-4H3. The van der Waals surface area contributed by atoms with Gasteiger partial charge in [-0.05, 0) is 54.6 Å². The highest BCUT2D eigenvalue weighted by Crippen LogP contribution is 2.50. The van der Waals surface area contributed by atoms with Gasteiger partial charge >= 0.3 is 0 Å². The maximum atomic E-state index is 2.40. The van der Waals surface area contributed by atoms with Gasteiger partial charge in [-0.1, -0.05) is 57.9 Å². The summed E-state index contributed by atoms with van der Waals surface area (Å²) in [5, 5.41) is 0. The van der Waals surface area contributed by atoms with E-state index in [1.165, 1.54) is 32.1 Å². The first-order valence-corrected chi connectivity index (χ1v) is 7.79. The average Bonchev–Trinajstić information content (AvgIpc) is 2.70. The normalized spacial score (nSPS) is 26.8. The van der Waals surface area contributed by atoms with E-state index in [9.17, 15) is 0 Å². The highest BCUT2D eigenvalue weighted by molar-refractivity contribution is 5.50. The monoisotopic (exact) mass is 244 g/mol. The van der Waals surface area contributed by atoms with E-state index < -0.39 is 0 Å². The van der Waals surface area contributed by atoms with Gasteiger partial charge in [-0.2, -0.15) is 0 Å². The molecule has 0 saturated carbocycles. The summed E-state index contributed by atoms with van der Waals surface area (Å²) in [5.74, 6) is 2.36. The first kappa shape index (κ1) is 13.6. The fourth-order valence-corrected chi connectivity index (χ4v) is 3.89. The van der Waals surface area contributed by atoms with Gasteiger partial charge in [-0.3, -0.25) is 0 Å². The van der Waals surface area contributed by atoms with Crippen molar-refractivity contribution in [1.82, 2.24) is 0 Å². The summed E-state index contributed by atoms with van der Waals surface area (Å²) in [4.78, 5) is 0. The highest BCUT2D eigenvalue weighted by atomic mass is 14.4. The number of fused-ring (bicyclic) bond motifs is 1. The zero-order chi connectivity index (χ0) is 13.1. The second-order valence-corrected chi connectivity index (χ2v) is 6.15. The average molecular weight is 244 g/mol. The molecule has 0 heteroatoms. The molecule has 18 heavy (non-hydrogen) atoms. The van der Waals surface area contributed by atoms with Crippen LogP contribution in [0.25, 0.3) is 0 Å². The molecule has 0 saturated heterocycles. The molecule has 2 aliphatic rings. The summed E-state index contributed by atoms with van der Waals surface area (Å²) >= 11 is 0. The molecule has 0 nitrogen and oxygen atoms in total. The quantitative estimate of drug-likeness (QED) is 0.584.